The predicted molar refractivity (Wildman–Crippen MR) is 215 cm³/mol. The Kier molecular flexibility index (Phi) is 38.4. The summed E-state index contributed by atoms with van der Waals surface area (Å²) in [5.74, 6) is -0.0178. The number of unbranched alkanes of at least 4 members (excludes halogenated alkanes) is 26. The highest BCUT2D eigenvalue weighted by Crippen LogP contribution is 2.17. The Morgan fingerprint density at radius 3 is 1.02 bits per heavy atom. The first-order valence-corrected chi connectivity index (χ1v) is 22.4. The number of carbonyl (C=O) groups is 3. The summed E-state index contributed by atoms with van der Waals surface area (Å²) < 4.78 is 16.7. The molecular weight excluding hydrogens is 636 g/mol. The van der Waals surface area contributed by atoms with Crippen LogP contribution in [0.25, 0.3) is 0 Å². The van der Waals surface area contributed by atoms with Gasteiger partial charge in [0.2, 0.25) is 0 Å². The minimum atomic E-state index is -0.758. The standard InChI is InChI=1S/C45H86O6/c1-5-8-10-12-14-15-16-17-18-19-20-25-29-33-37-44(47)50-40-42(39-49-43(46)36-32-28-23-13-11-9-6-2)51-45(48)38-34-30-26-22-21-24-27-31-35-41(4)7-3/h41-42H,5-40H2,1-4H3/t41?,42-/m1/s1. The molecule has 0 bridgehead atoms. The fraction of sp³-hybridized carbons (Fsp3) is 0.933. The van der Waals surface area contributed by atoms with E-state index in [1.54, 1.807) is 0 Å². The van der Waals surface area contributed by atoms with Crippen LogP contribution in [0.2, 0.25) is 0 Å². The van der Waals surface area contributed by atoms with Gasteiger partial charge in [-0.05, 0) is 25.2 Å². The van der Waals surface area contributed by atoms with Crippen molar-refractivity contribution in [3.8, 4) is 0 Å². The lowest BCUT2D eigenvalue weighted by Gasteiger charge is -2.18. The predicted octanol–water partition coefficient (Wildman–Crippen LogP) is 13.9. The number of esters is 3. The first-order chi connectivity index (χ1) is 24.9. The maximum Gasteiger partial charge on any atom is 0.306 e. The van der Waals surface area contributed by atoms with Gasteiger partial charge in [-0.25, -0.2) is 0 Å². The summed E-state index contributed by atoms with van der Waals surface area (Å²) in [6, 6.07) is 0. The van der Waals surface area contributed by atoms with E-state index >= 15 is 0 Å². The Morgan fingerprint density at radius 2 is 0.686 bits per heavy atom. The van der Waals surface area contributed by atoms with Gasteiger partial charge in [0.05, 0.1) is 0 Å². The van der Waals surface area contributed by atoms with E-state index in [0.717, 1.165) is 63.7 Å². The van der Waals surface area contributed by atoms with E-state index in [1.165, 1.54) is 141 Å². The number of ether oxygens (including phenoxy) is 3. The SMILES string of the molecule is CCCCCCCCCCCCCCCCC(=O)OC[C@@H](COC(=O)CCCCCCCCC)OC(=O)CCCCCCCCCCC(C)CC. The lowest BCUT2D eigenvalue weighted by molar-refractivity contribution is -0.167. The molecule has 0 aromatic rings. The van der Waals surface area contributed by atoms with E-state index in [9.17, 15) is 14.4 Å². The van der Waals surface area contributed by atoms with Gasteiger partial charge in [0.15, 0.2) is 6.10 Å². The van der Waals surface area contributed by atoms with E-state index in [1.807, 2.05) is 0 Å². The third-order valence-electron chi connectivity index (χ3n) is 10.4. The number of rotatable bonds is 40. The number of hydrogen-bond acceptors (Lipinski definition) is 6. The number of hydrogen-bond donors (Lipinski definition) is 0. The minimum Gasteiger partial charge on any atom is -0.462 e. The lowest BCUT2D eigenvalue weighted by Crippen LogP contribution is -2.30. The van der Waals surface area contributed by atoms with Crippen molar-refractivity contribution in [2.75, 3.05) is 13.2 Å². The second-order valence-corrected chi connectivity index (χ2v) is 15.6. The molecule has 0 heterocycles. The van der Waals surface area contributed by atoms with Crippen LogP contribution in [0.15, 0.2) is 0 Å². The molecule has 0 aliphatic carbocycles. The molecule has 0 spiro atoms. The van der Waals surface area contributed by atoms with E-state index in [-0.39, 0.29) is 31.1 Å². The summed E-state index contributed by atoms with van der Waals surface area (Å²) in [5.41, 5.74) is 0. The van der Waals surface area contributed by atoms with Crippen molar-refractivity contribution < 1.29 is 28.6 Å². The molecule has 0 radical (unpaired) electrons. The van der Waals surface area contributed by atoms with Crippen LogP contribution in [0.4, 0.5) is 0 Å². The van der Waals surface area contributed by atoms with Crippen LogP contribution >= 0.6 is 0 Å². The highest BCUT2D eigenvalue weighted by molar-refractivity contribution is 5.71. The van der Waals surface area contributed by atoms with Crippen molar-refractivity contribution in [1.29, 1.82) is 0 Å². The summed E-state index contributed by atoms with van der Waals surface area (Å²) in [5, 5.41) is 0. The van der Waals surface area contributed by atoms with Crippen LogP contribution < -0.4 is 0 Å². The van der Waals surface area contributed by atoms with Gasteiger partial charge in [-0.2, -0.15) is 0 Å². The highest BCUT2D eigenvalue weighted by Gasteiger charge is 2.19. The lowest BCUT2D eigenvalue weighted by atomic mass is 9.99. The number of carbonyl (C=O) groups excluding carboxylic acids is 3. The van der Waals surface area contributed by atoms with Crippen molar-refractivity contribution in [1.82, 2.24) is 0 Å². The van der Waals surface area contributed by atoms with Gasteiger partial charge >= 0.3 is 17.9 Å². The average Bonchev–Trinajstić information content (AvgIpc) is 3.13. The van der Waals surface area contributed by atoms with Crippen LogP contribution in [0.5, 0.6) is 0 Å². The molecule has 0 rings (SSSR count). The first-order valence-electron chi connectivity index (χ1n) is 22.4. The van der Waals surface area contributed by atoms with Gasteiger partial charge in [0, 0.05) is 19.3 Å². The van der Waals surface area contributed by atoms with Gasteiger partial charge in [0.25, 0.3) is 0 Å². The smallest absolute Gasteiger partial charge is 0.306 e. The van der Waals surface area contributed by atoms with Crippen LogP contribution in [0, 0.1) is 5.92 Å². The molecule has 0 aliphatic heterocycles. The van der Waals surface area contributed by atoms with Crippen LogP contribution in [0.3, 0.4) is 0 Å². The van der Waals surface area contributed by atoms with Gasteiger partial charge in [0.1, 0.15) is 13.2 Å². The molecule has 0 aromatic carbocycles. The summed E-state index contributed by atoms with van der Waals surface area (Å²) in [6.45, 7) is 8.96. The van der Waals surface area contributed by atoms with Crippen LogP contribution in [0.1, 0.15) is 246 Å². The topological polar surface area (TPSA) is 78.9 Å². The summed E-state index contributed by atoms with van der Waals surface area (Å²) >= 11 is 0. The Balaban J connectivity index is 4.28. The highest BCUT2D eigenvalue weighted by atomic mass is 16.6. The zero-order chi connectivity index (χ0) is 37.5. The monoisotopic (exact) mass is 723 g/mol. The van der Waals surface area contributed by atoms with Crippen molar-refractivity contribution in [2.24, 2.45) is 5.92 Å². The summed E-state index contributed by atoms with van der Waals surface area (Å²) in [6.07, 6.45) is 38.0. The maximum atomic E-state index is 12.7. The Labute approximate surface area is 317 Å². The molecule has 0 saturated heterocycles. The average molecular weight is 723 g/mol. The Morgan fingerprint density at radius 1 is 0.392 bits per heavy atom. The maximum absolute atomic E-state index is 12.7. The minimum absolute atomic E-state index is 0.0646. The van der Waals surface area contributed by atoms with Crippen molar-refractivity contribution in [3.63, 3.8) is 0 Å². The van der Waals surface area contributed by atoms with Gasteiger partial charge in [-0.3, -0.25) is 14.4 Å². The molecule has 0 aliphatic rings. The molecule has 6 nitrogen and oxygen atoms in total. The summed E-state index contributed by atoms with van der Waals surface area (Å²) in [4.78, 5) is 37.5. The summed E-state index contributed by atoms with van der Waals surface area (Å²) in [7, 11) is 0. The second-order valence-electron chi connectivity index (χ2n) is 15.6. The molecule has 6 heteroatoms. The fourth-order valence-corrected chi connectivity index (χ4v) is 6.59. The van der Waals surface area contributed by atoms with Gasteiger partial charge < -0.3 is 14.2 Å². The first kappa shape index (κ1) is 49.4. The molecule has 51 heavy (non-hydrogen) atoms. The van der Waals surface area contributed by atoms with Gasteiger partial charge in [-0.15, -0.1) is 0 Å². The quantitative estimate of drug-likeness (QED) is 0.0356. The third-order valence-corrected chi connectivity index (χ3v) is 10.4. The fourth-order valence-electron chi connectivity index (χ4n) is 6.59. The van der Waals surface area contributed by atoms with Crippen molar-refractivity contribution in [2.45, 2.75) is 252 Å². The molecule has 0 saturated carbocycles. The van der Waals surface area contributed by atoms with Crippen LogP contribution in [-0.2, 0) is 28.6 Å². The Bertz CT molecular complexity index is 768. The molecule has 2 atom stereocenters. The molecule has 0 aromatic heterocycles. The van der Waals surface area contributed by atoms with Crippen LogP contribution in [-0.4, -0.2) is 37.2 Å². The molecule has 1 unspecified atom stereocenters. The Hall–Kier alpha value is -1.59. The zero-order valence-corrected chi connectivity index (χ0v) is 34.6. The second kappa shape index (κ2) is 39.6. The molecule has 0 N–H and O–H groups in total. The molecular formula is C45H86O6. The molecule has 0 fully saturated rings. The third kappa shape index (κ3) is 38.0. The van der Waals surface area contributed by atoms with E-state index < -0.39 is 6.10 Å². The van der Waals surface area contributed by atoms with E-state index in [4.69, 9.17) is 14.2 Å². The van der Waals surface area contributed by atoms with Crippen molar-refractivity contribution >= 4 is 17.9 Å². The van der Waals surface area contributed by atoms with Gasteiger partial charge in [-0.1, -0.05) is 207 Å². The largest absolute Gasteiger partial charge is 0.462 e. The van der Waals surface area contributed by atoms with E-state index in [2.05, 4.69) is 27.7 Å². The normalized spacial score (nSPS) is 12.5. The molecule has 302 valence electrons. The van der Waals surface area contributed by atoms with Crippen molar-refractivity contribution in [3.05, 3.63) is 0 Å². The molecule has 0 amide bonds. The van der Waals surface area contributed by atoms with E-state index in [0.29, 0.717) is 19.3 Å². The zero-order valence-electron chi connectivity index (χ0n) is 34.6.